The van der Waals surface area contributed by atoms with Gasteiger partial charge in [-0.2, -0.15) is 0 Å². The molecule has 2 fully saturated rings. The molecule has 4 nitrogen and oxygen atoms in total. The van der Waals surface area contributed by atoms with Gasteiger partial charge in [0.2, 0.25) is 0 Å². The van der Waals surface area contributed by atoms with E-state index in [1.807, 2.05) is 0 Å². The molecule has 1 aromatic carbocycles. The number of nitrogens with one attached hydrogen (secondary N) is 2. The van der Waals surface area contributed by atoms with Crippen LogP contribution in [0.4, 0.5) is 0 Å². The van der Waals surface area contributed by atoms with Crippen molar-refractivity contribution in [2.75, 3.05) is 39.3 Å². The van der Waals surface area contributed by atoms with Crippen molar-refractivity contribution >= 4 is 29.9 Å². The molecule has 2 aliphatic rings. The molecule has 0 aromatic heterocycles. The molecule has 152 valence electrons. The summed E-state index contributed by atoms with van der Waals surface area (Å²) in [7, 11) is 0. The predicted molar refractivity (Wildman–Crippen MR) is 126 cm³/mol. The molecule has 27 heavy (non-hydrogen) atoms. The van der Waals surface area contributed by atoms with E-state index >= 15 is 0 Å². The highest BCUT2D eigenvalue weighted by atomic mass is 127. The van der Waals surface area contributed by atoms with Gasteiger partial charge in [-0.05, 0) is 70.1 Å². The first kappa shape index (κ1) is 22.5. The lowest BCUT2D eigenvalue weighted by atomic mass is 9.93. The molecule has 0 atom stereocenters. The average molecular weight is 484 g/mol. The lowest BCUT2D eigenvalue weighted by Crippen LogP contribution is -2.40. The highest BCUT2D eigenvalue weighted by Gasteiger charge is 2.43. The molecule has 1 heterocycles. The molecule has 1 saturated heterocycles. The van der Waals surface area contributed by atoms with Gasteiger partial charge in [0.25, 0.3) is 0 Å². The van der Waals surface area contributed by atoms with Crippen molar-refractivity contribution < 1.29 is 0 Å². The van der Waals surface area contributed by atoms with Crippen LogP contribution in [0.3, 0.4) is 0 Å². The Morgan fingerprint density at radius 1 is 1.11 bits per heavy atom. The van der Waals surface area contributed by atoms with Crippen molar-refractivity contribution in [3.63, 3.8) is 0 Å². The molecular formula is C22H37IN4. The van der Waals surface area contributed by atoms with Crippen LogP contribution in [0.2, 0.25) is 0 Å². The van der Waals surface area contributed by atoms with Gasteiger partial charge in [0, 0.05) is 18.5 Å². The highest BCUT2D eigenvalue weighted by Crippen LogP contribution is 2.48. The lowest BCUT2D eigenvalue weighted by molar-refractivity contribution is 0.187. The van der Waals surface area contributed by atoms with Crippen LogP contribution in [0, 0.1) is 5.92 Å². The Morgan fingerprint density at radius 3 is 2.41 bits per heavy atom. The third kappa shape index (κ3) is 6.63. The fourth-order valence-electron chi connectivity index (χ4n) is 4.04. The number of likely N-dealkylation sites (tertiary alicyclic amines) is 1. The molecule has 0 radical (unpaired) electrons. The van der Waals surface area contributed by atoms with Crippen LogP contribution >= 0.6 is 24.0 Å². The second-order valence-corrected chi connectivity index (χ2v) is 7.93. The first-order chi connectivity index (χ1) is 12.8. The maximum atomic E-state index is 4.92. The monoisotopic (exact) mass is 484 g/mol. The second-order valence-electron chi connectivity index (χ2n) is 7.93. The van der Waals surface area contributed by atoms with Crippen molar-refractivity contribution in [3.05, 3.63) is 35.9 Å². The fraction of sp³-hybridized carbons (Fsp3) is 0.682. The summed E-state index contributed by atoms with van der Waals surface area (Å²) in [6, 6.07) is 10.9. The molecule has 0 amide bonds. The van der Waals surface area contributed by atoms with Gasteiger partial charge in [0.05, 0.1) is 6.54 Å². The van der Waals surface area contributed by atoms with E-state index in [0.717, 1.165) is 31.5 Å². The zero-order chi connectivity index (χ0) is 18.2. The summed E-state index contributed by atoms with van der Waals surface area (Å²) in [5, 5.41) is 6.99. The average Bonchev–Trinajstić information content (AvgIpc) is 3.48. The summed E-state index contributed by atoms with van der Waals surface area (Å²) < 4.78 is 0. The van der Waals surface area contributed by atoms with E-state index in [9.17, 15) is 0 Å². The summed E-state index contributed by atoms with van der Waals surface area (Å²) in [6.07, 6.45) is 6.47. The zero-order valence-corrected chi connectivity index (χ0v) is 19.4. The Hall–Kier alpha value is -0.820. The van der Waals surface area contributed by atoms with Crippen molar-refractivity contribution in [2.24, 2.45) is 10.9 Å². The van der Waals surface area contributed by atoms with E-state index in [2.05, 4.69) is 59.7 Å². The molecule has 0 bridgehead atoms. The van der Waals surface area contributed by atoms with Crippen LogP contribution in [-0.2, 0) is 5.41 Å². The van der Waals surface area contributed by atoms with E-state index in [1.54, 1.807) is 0 Å². The number of guanidine groups is 1. The largest absolute Gasteiger partial charge is 0.357 e. The van der Waals surface area contributed by atoms with Crippen LogP contribution < -0.4 is 10.6 Å². The van der Waals surface area contributed by atoms with Crippen molar-refractivity contribution in [2.45, 2.75) is 51.4 Å². The molecular weight excluding hydrogens is 447 g/mol. The summed E-state index contributed by atoms with van der Waals surface area (Å²) >= 11 is 0. The van der Waals surface area contributed by atoms with Crippen LogP contribution in [-0.4, -0.2) is 50.1 Å². The normalized spacial score (nSPS) is 20.0. The Morgan fingerprint density at radius 2 is 1.81 bits per heavy atom. The third-order valence-corrected chi connectivity index (χ3v) is 6.12. The molecule has 5 heteroatoms. The van der Waals surface area contributed by atoms with Crippen molar-refractivity contribution in [1.29, 1.82) is 0 Å². The molecule has 0 unspecified atom stereocenters. The maximum Gasteiger partial charge on any atom is 0.191 e. The van der Waals surface area contributed by atoms with Crippen molar-refractivity contribution in [3.8, 4) is 0 Å². The number of nitrogens with zero attached hydrogens (tertiary/aromatic N) is 2. The standard InChI is InChI=1S/C22H36N4.HI/c1-3-23-21(24-15-10-19-11-16-26(4-2)17-12-19)25-18-22(13-14-22)20-8-6-5-7-9-20;/h5-9,19H,3-4,10-18H2,1-2H3,(H2,23,24,25);1H. The van der Waals surface area contributed by atoms with E-state index < -0.39 is 0 Å². The van der Waals surface area contributed by atoms with E-state index in [1.165, 1.54) is 57.3 Å². The van der Waals surface area contributed by atoms with Gasteiger partial charge in [-0.1, -0.05) is 37.3 Å². The summed E-state index contributed by atoms with van der Waals surface area (Å²) in [6.45, 7) is 11.0. The van der Waals surface area contributed by atoms with Gasteiger partial charge in [-0.3, -0.25) is 4.99 Å². The number of rotatable bonds is 8. The molecule has 0 spiro atoms. The minimum atomic E-state index is 0. The minimum absolute atomic E-state index is 0. The summed E-state index contributed by atoms with van der Waals surface area (Å²) in [5.74, 6) is 1.85. The van der Waals surface area contributed by atoms with Crippen LogP contribution in [0.15, 0.2) is 35.3 Å². The first-order valence-corrected chi connectivity index (χ1v) is 10.6. The Kier molecular flexibility index (Phi) is 9.36. The van der Waals surface area contributed by atoms with Gasteiger partial charge in [0.1, 0.15) is 0 Å². The van der Waals surface area contributed by atoms with Crippen LogP contribution in [0.25, 0.3) is 0 Å². The second kappa shape index (κ2) is 11.2. The van der Waals surface area contributed by atoms with Gasteiger partial charge < -0.3 is 15.5 Å². The third-order valence-electron chi connectivity index (χ3n) is 6.12. The molecule has 1 aliphatic carbocycles. The van der Waals surface area contributed by atoms with Gasteiger partial charge in [-0.15, -0.1) is 24.0 Å². The quantitative estimate of drug-likeness (QED) is 0.333. The first-order valence-electron chi connectivity index (χ1n) is 10.6. The lowest BCUT2D eigenvalue weighted by Gasteiger charge is -2.31. The van der Waals surface area contributed by atoms with Gasteiger partial charge in [-0.25, -0.2) is 0 Å². The van der Waals surface area contributed by atoms with Crippen LogP contribution in [0.5, 0.6) is 0 Å². The topological polar surface area (TPSA) is 39.7 Å². The summed E-state index contributed by atoms with van der Waals surface area (Å²) in [5.41, 5.74) is 1.73. The Bertz CT molecular complexity index is 563. The maximum absolute atomic E-state index is 4.92. The highest BCUT2D eigenvalue weighted by molar-refractivity contribution is 14.0. The number of aliphatic imine (C=N–C) groups is 1. The SMILES string of the molecule is CCNC(=NCC1(c2ccccc2)CC1)NCCC1CCN(CC)CC1.I. The molecule has 1 aromatic rings. The van der Waals surface area contributed by atoms with E-state index in [0.29, 0.717) is 0 Å². The predicted octanol–water partition coefficient (Wildman–Crippen LogP) is 4.01. The molecule has 1 saturated carbocycles. The Labute approximate surface area is 182 Å². The minimum Gasteiger partial charge on any atom is -0.357 e. The molecule has 3 rings (SSSR count). The van der Waals surface area contributed by atoms with Crippen LogP contribution in [0.1, 0.15) is 51.5 Å². The number of halogens is 1. The number of benzene rings is 1. The number of hydrogen-bond donors (Lipinski definition) is 2. The van der Waals surface area contributed by atoms with Gasteiger partial charge >= 0.3 is 0 Å². The zero-order valence-electron chi connectivity index (χ0n) is 17.0. The van der Waals surface area contributed by atoms with E-state index in [4.69, 9.17) is 4.99 Å². The molecule has 1 aliphatic heterocycles. The van der Waals surface area contributed by atoms with Gasteiger partial charge in [0.15, 0.2) is 5.96 Å². The number of piperidine rings is 1. The number of hydrogen-bond acceptors (Lipinski definition) is 2. The molecule has 2 N–H and O–H groups in total. The Balaban J connectivity index is 0.00000261. The fourth-order valence-corrected chi connectivity index (χ4v) is 4.04. The summed E-state index contributed by atoms with van der Waals surface area (Å²) in [4.78, 5) is 7.48. The van der Waals surface area contributed by atoms with Crippen molar-refractivity contribution in [1.82, 2.24) is 15.5 Å². The van der Waals surface area contributed by atoms with E-state index in [-0.39, 0.29) is 29.4 Å². The smallest absolute Gasteiger partial charge is 0.191 e.